The van der Waals surface area contributed by atoms with E-state index in [2.05, 4.69) is 25.1 Å². The third-order valence-corrected chi connectivity index (χ3v) is 4.53. The number of benzene rings is 1. The van der Waals surface area contributed by atoms with Gasteiger partial charge in [0.25, 0.3) is 0 Å². The summed E-state index contributed by atoms with van der Waals surface area (Å²) < 4.78 is 5.66. The van der Waals surface area contributed by atoms with Gasteiger partial charge >= 0.3 is 0 Å². The van der Waals surface area contributed by atoms with Gasteiger partial charge in [-0.1, -0.05) is 56.9 Å². The van der Waals surface area contributed by atoms with Crippen LogP contribution in [0.4, 0.5) is 0 Å². The van der Waals surface area contributed by atoms with Crippen LogP contribution >= 0.6 is 0 Å². The van der Waals surface area contributed by atoms with Crippen LogP contribution in [0.5, 0.6) is 0 Å². The van der Waals surface area contributed by atoms with Gasteiger partial charge in [0.1, 0.15) is 6.10 Å². The summed E-state index contributed by atoms with van der Waals surface area (Å²) in [6, 6.07) is 8.36. The third kappa shape index (κ3) is 3.83. The molecule has 20 heavy (non-hydrogen) atoms. The minimum atomic E-state index is -0.500. The first-order valence-corrected chi connectivity index (χ1v) is 8.06. The molecule has 2 rings (SSSR count). The van der Waals surface area contributed by atoms with Crippen LogP contribution in [0.15, 0.2) is 24.3 Å². The summed E-state index contributed by atoms with van der Waals surface area (Å²) in [5.74, 6) is 0.499. The summed E-state index contributed by atoms with van der Waals surface area (Å²) in [6.07, 6.45) is 7.88. The summed E-state index contributed by atoms with van der Waals surface area (Å²) in [5, 5.41) is 10.7. The zero-order valence-corrected chi connectivity index (χ0v) is 12.8. The average molecular weight is 276 g/mol. The highest BCUT2D eigenvalue weighted by atomic mass is 16.5. The van der Waals surface area contributed by atoms with Crippen molar-refractivity contribution in [2.24, 2.45) is 5.92 Å². The fourth-order valence-corrected chi connectivity index (χ4v) is 3.45. The van der Waals surface area contributed by atoms with E-state index in [-0.39, 0.29) is 6.10 Å². The van der Waals surface area contributed by atoms with Crippen LogP contribution in [0.3, 0.4) is 0 Å². The molecule has 2 unspecified atom stereocenters. The van der Waals surface area contributed by atoms with Gasteiger partial charge in [0.2, 0.25) is 0 Å². The molecule has 1 aliphatic rings. The van der Waals surface area contributed by atoms with Gasteiger partial charge in [-0.15, -0.1) is 0 Å². The third-order valence-electron chi connectivity index (χ3n) is 4.53. The molecule has 1 fully saturated rings. The van der Waals surface area contributed by atoms with E-state index in [1.54, 1.807) is 7.11 Å². The van der Waals surface area contributed by atoms with Gasteiger partial charge in [0, 0.05) is 7.11 Å². The van der Waals surface area contributed by atoms with Gasteiger partial charge in [-0.05, 0) is 36.3 Å². The van der Waals surface area contributed by atoms with Crippen molar-refractivity contribution >= 4 is 0 Å². The molecular formula is C18H28O2. The van der Waals surface area contributed by atoms with Crippen molar-refractivity contribution < 1.29 is 9.84 Å². The smallest absolute Gasteiger partial charge is 0.105 e. The van der Waals surface area contributed by atoms with Gasteiger partial charge < -0.3 is 9.84 Å². The van der Waals surface area contributed by atoms with E-state index < -0.39 is 6.10 Å². The largest absolute Gasteiger partial charge is 0.386 e. The Kier molecular flexibility index (Phi) is 6.06. The minimum Gasteiger partial charge on any atom is -0.386 e. The van der Waals surface area contributed by atoms with Crippen LogP contribution in [0.25, 0.3) is 0 Å². The fourth-order valence-electron chi connectivity index (χ4n) is 3.45. The highest BCUT2D eigenvalue weighted by molar-refractivity contribution is 5.26. The zero-order valence-electron chi connectivity index (χ0n) is 12.8. The van der Waals surface area contributed by atoms with Crippen LogP contribution in [-0.4, -0.2) is 18.3 Å². The monoisotopic (exact) mass is 276 g/mol. The lowest BCUT2D eigenvalue weighted by molar-refractivity contribution is -0.0559. The number of rotatable bonds is 6. The molecule has 0 saturated heterocycles. The summed E-state index contributed by atoms with van der Waals surface area (Å²) in [4.78, 5) is 0. The molecule has 1 saturated carbocycles. The summed E-state index contributed by atoms with van der Waals surface area (Å²) in [6.45, 7) is 2.18. The van der Waals surface area contributed by atoms with Gasteiger partial charge in [-0.3, -0.25) is 0 Å². The molecule has 0 aromatic heterocycles. The highest BCUT2D eigenvalue weighted by Gasteiger charge is 2.30. The minimum absolute atomic E-state index is 0.0628. The molecule has 1 aromatic carbocycles. The Morgan fingerprint density at radius 3 is 2.65 bits per heavy atom. The molecular weight excluding hydrogens is 248 g/mol. The lowest BCUT2D eigenvalue weighted by Gasteiger charge is -2.32. The fraction of sp³-hybridized carbons (Fsp3) is 0.667. The van der Waals surface area contributed by atoms with Crippen molar-refractivity contribution in [2.45, 2.75) is 64.1 Å². The summed E-state index contributed by atoms with van der Waals surface area (Å²) in [7, 11) is 1.73. The number of methoxy groups -OCH3 is 1. The molecule has 112 valence electrons. The highest BCUT2D eigenvalue weighted by Crippen LogP contribution is 2.34. The van der Waals surface area contributed by atoms with E-state index >= 15 is 0 Å². The molecule has 2 nitrogen and oxygen atoms in total. The van der Waals surface area contributed by atoms with Crippen LogP contribution < -0.4 is 0 Å². The number of aryl methyl sites for hydroxylation is 1. The normalized spacial score (nSPS) is 19.8. The quantitative estimate of drug-likeness (QED) is 0.841. The van der Waals surface area contributed by atoms with Crippen molar-refractivity contribution in [3.8, 4) is 0 Å². The molecule has 0 radical (unpaired) electrons. The lowest BCUT2D eigenvalue weighted by atomic mass is 9.81. The molecule has 0 bridgehead atoms. The van der Waals surface area contributed by atoms with E-state index in [0.717, 1.165) is 18.4 Å². The second kappa shape index (κ2) is 7.80. The molecule has 0 aliphatic heterocycles. The number of aliphatic hydroxyl groups excluding tert-OH is 1. The Balaban J connectivity index is 2.10. The molecule has 0 heterocycles. The predicted molar refractivity (Wildman–Crippen MR) is 82.8 cm³/mol. The molecule has 0 amide bonds. The van der Waals surface area contributed by atoms with E-state index in [1.165, 1.54) is 37.7 Å². The van der Waals surface area contributed by atoms with E-state index in [9.17, 15) is 5.11 Å². The molecule has 1 N–H and O–H groups in total. The molecule has 0 spiro atoms. The van der Waals surface area contributed by atoms with Gasteiger partial charge in [-0.25, -0.2) is 0 Å². The first-order chi connectivity index (χ1) is 9.76. The lowest BCUT2D eigenvalue weighted by Crippen LogP contribution is -2.31. The standard InChI is InChI=1S/C18H28O2/c1-3-8-14-9-7-12-16(13-14)17(19)18(20-2)15-10-5-4-6-11-15/h7,9,12-13,15,17-19H,3-6,8,10-11H2,1-2H3. The number of ether oxygens (including phenoxy) is 1. The van der Waals surface area contributed by atoms with Crippen LogP contribution in [-0.2, 0) is 11.2 Å². The molecule has 1 aliphatic carbocycles. The zero-order chi connectivity index (χ0) is 14.4. The summed E-state index contributed by atoms with van der Waals surface area (Å²) in [5.41, 5.74) is 2.32. The SMILES string of the molecule is CCCc1cccc(C(O)C(OC)C2CCCCC2)c1. The topological polar surface area (TPSA) is 29.5 Å². The Hall–Kier alpha value is -0.860. The average Bonchev–Trinajstić information content (AvgIpc) is 2.50. The molecule has 2 heteroatoms. The first-order valence-electron chi connectivity index (χ1n) is 8.06. The maximum absolute atomic E-state index is 10.7. The maximum atomic E-state index is 10.7. The van der Waals surface area contributed by atoms with Crippen molar-refractivity contribution in [2.75, 3.05) is 7.11 Å². The van der Waals surface area contributed by atoms with Crippen LogP contribution in [0, 0.1) is 5.92 Å². The van der Waals surface area contributed by atoms with Crippen LogP contribution in [0.2, 0.25) is 0 Å². The van der Waals surface area contributed by atoms with E-state index in [4.69, 9.17) is 4.74 Å². The van der Waals surface area contributed by atoms with Crippen molar-refractivity contribution in [1.29, 1.82) is 0 Å². The maximum Gasteiger partial charge on any atom is 0.105 e. The Bertz CT molecular complexity index is 396. The Morgan fingerprint density at radius 2 is 2.00 bits per heavy atom. The first kappa shape index (κ1) is 15.5. The van der Waals surface area contributed by atoms with Crippen LogP contribution in [0.1, 0.15) is 62.7 Å². The number of hydrogen-bond donors (Lipinski definition) is 1. The number of aliphatic hydroxyl groups is 1. The molecule has 1 aromatic rings. The van der Waals surface area contributed by atoms with E-state index in [0.29, 0.717) is 5.92 Å². The second-order valence-corrected chi connectivity index (χ2v) is 6.04. The molecule has 2 atom stereocenters. The Labute approximate surface area is 123 Å². The second-order valence-electron chi connectivity index (χ2n) is 6.04. The van der Waals surface area contributed by atoms with Crippen molar-refractivity contribution in [3.05, 3.63) is 35.4 Å². The predicted octanol–water partition coefficient (Wildman–Crippen LogP) is 4.27. The van der Waals surface area contributed by atoms with Crippen molar-refractivity contribution in [1.82, 2.24) is 0 Å². The Morgan fingerprint density at radius 1 is 1.25 bits per heavy atom. The van der Waals surface area contributed by atoms with Gasteiger partial charge in [-0.2, -0.15) is 0 Å². The summed E-state index contributed by atoms with van der Waals surface area (Å²) >= 11 is 0. The van der Waals surface area contributed by atoms with Crippen molar-refractivity contribution in [3.63, 3.8) is 0 Å². The van der Waals surface area contributed by atoms with Gasteiger partial charge in [0.05, 0.1) is 6.10 Å². The van der Waals surface area contributed by atoms with E-state index in [1.807, 2.05) is 6.07 Å². The number of hydrogen-bond acceptors (Lipinski definition) is 2. The van der Waals surface area contributed by atoms with Gasteiger partial charge in [0.15, 0.2) is 0 Å².